The Kier molecular flexibility index (Phi) is 10.7. The van der Waals surface area contributed by atoms with E-state index in [9.17, 15) is 0 Å². The lowest BCUT2D eigenvalue weighted by Gasteiger charge is -2.34. The summed E-state index contributed by atoms with van der Waals surface area (Å²) in [5.74, 6) is 0. The van der Waals surface area contributed by atoms with Crippen molar-refractivity contribution >= 4 is 66.0 Å². The third kappa shape index (κ3) is 7.94. The quantitative estimate of drug-likeness (QED) is 0.158. The molecule has 0 bridgehead atoms. The molecule has 0 aliphatic rings. The van der Waals surface area contributed by atoms with Crippen LogP contribution in [0.5, 0.6) is 0 Å². The third-order valence-electron chi connectivity index (χ3n) is 9.92. The van der Waals surface area contributed by atoms with Crippen LogP contribution >= 0.6 is 31.9 Å². The third-order valence-corrected chi connectivity index (χ3v) is 11.0. The van der Waals surface area contributed by atoms with E-state index in [-0.39, 0.29) is 10.8 Å². The van der Waals surface area contributed by atoms with Crippen LogP contribution in [0, 0.1) is 27.7 Å². The summed E-state index contributed by atoms with van der Waals surface area (Å²) in [7, 11) is 0. The molecule has 0 aliphatic carbocycles. The lowest BCUT2D eigenvalue weighted by molar-refractivity contribution is 0.589. The highest BCUT2D eigenvalue weighted by atomic mass is 79.9. The topological polar surface area (TPSA) is 6.48 Å². The number of anilines is 6. The van der Waals surface area contributed by atoms with Gasteiger partial charge in [-0.15, -0.1) is 0 Å². The molecule has 52 heavy (non-hydrogen) atoms. The second-order valence-electron chi connectivity index (χ2n) is 16.1. The molecule has 0 aromatic heterocycles. The fraction of sp³-hybridized carbons (Fsp3) is 0.250. The number of benzene rings is 6. The van der Waals surface area contributed by atoms with Crippen molar-refractivity contribution in [2.45, 2.75) is 80.1 Å². The highest BCUT2D eigenvalue weighted by Gasteiger charge is 2.25. The first-order valence-corrected chi connectivity index (χ1v) is 19.7. The van der Waals surface area contributed by atoms with Crippen LogP contribution in [-0.4, -0.2) is 0 Å². The molecule has 4 heteroatoms. The van der Waals surface area contributed by atoms with E-state index in [0.717, 1.165) is 31.7 Å². The molecule has 266 valence electrons. The molecule has 0 radical (unpaired) electrons. The lowest BCUT2D eigenvalue weighted by Crippen LogP contribution is -2.19. The van der Waals surface area contributed by atoms with Crippen LogP contribution in [0.4, 0.5) is 34.1 Å². The van der Waals surface area contributed by atoms with Crippen LogP contribution in [0.1, 0.15) is 74.9 Å². The SMILES string of the molecule is Cc1cc(C(C)(C)C)cc(C)c1N(c1ccc(-c2ccc(N(c3ccc(Br)cc3)c3ccc(Br)cc3)cc2)cc1)c1c(C)cc(C(C)(C)C)cc1C. The van der Waals surface area contributed by atoms with Crippen molar-refractivity contribution in [3.05, 3.63) is 164 Å². The Balaban J connectivity index is 1.41. The Morgan fingerprint density at radius 2 is 0.615 bits per heavy atom. The second-order valence-corrected chi connectivity index (χ2v) is 18.0. The number of nitrogens with zero attached hydrogens (tertiary/aromatic N) is 2. The lowest BCUT2D eigenvalue weighted by atomic mass is 9.83. The molecule has 6 rings (SSSR count). The minimum Gasteiger partial charge on any atom is -0.311 e. The predicted octanol–water partition coefficient (Wildman–Crippen LogP) is 15.6. The van der Waals surface area contributed by atoms with Crippen molar-refractivity contribution in [1.29, 1.82) is 0 Å². The van der Waals surface area contributed by atoms with Crippen LogP contribution < -0.4 is 9.80 Å². The number of hydrogen-bond donors (Lipinski definition) is 0. The molecular weight excluding hydrogens is 764 g/mol. The molecule has 0 heterocycles. The summed E-state index contributed by atoms with van der Waals surface area (Å²) in [5, 5.41) is 0. The Morgan fingerprint density at radius 1 is 0.365 bits per heavy atom. The van der Waals surface area contributed by atoms with Gasteiger partial charge in [0.05, 0.1) is 11.4 Å². The first-order chi connectivity index (χ1) is 24.5. The van der Waals surface area contributed by atoms with Crippen LogP contribution in [0.2, 0.25) is 0 Å². The van der Waals surface area contributed by atoms with Crippen LogP contribution in [0.15, 0.2) is 130 Å². The van der Waals surface area contributed by atoms with Gasteiger partial charge in [0.1, 0.15) is 0 Å². The fourth-order valence-electron chi connectivity index (χ4n) is 7.09. The van der Waals surface area contributed by atoms with E-state index in [2.05, 4.69) is 232 Å². The van der Waals surface area contributed by atoms with Crippen LogP contribution in [0.3, 0.4) is 0 Å². The summed E-state index contributed by atoms with van der Waals surface area (Å²) < 4.78 is 2.12. The molecule has 0 unspecified atom stereocenters. The second kappa shape index (κ2) is 14.7. The molecule has 0 saturated heterocycles. The van der Waals surface area contributed by atoms with Gasteiger partial charge in [-0.25, -0.2) is 0 Å². The van der Waals surface area contributed by atoms with E-state index in [4.69, 9.17) is 0 Å². The van der Waals surface area contributed by atoms with Crippen molar-refractivity contribution in [3.8, 4) is 11.1 Å². The maximum atomic E-state index is 3.60. The van der Waals surface area contributed by atoms with Crippen molar-refractivity contribution < 1.29 is 0 Å². The molecule has 2 nitrogen and oxygen atoms in total. The Morgan fingerprint density at radius 3 is 0.885 bits per heavy atom. The average molecular weight is 815 g/mol. The zero-order valence-corrected chi connectivity index (χ0v) is 35.4. The van der Waals surface area contributed by atoms with Crippen molar-refractivity contribution in [1.82, 2.24) is 0 Å². The molecule has 0 aliphatic heterocycles. The number of aryl methyl sites for hydroxylation is 4. The summed E-state index contributed by atoms with van der Waals surface area (Å²) in [4.78, 5) is 4.78. The van der Waals surface area contributed by atoms with Gasteiger partial charge in [0.2, 0.25) is 0 Å². The number of hydrogen-bond acceptors (Lipinski definition) is 2. The van der Waals surface area contributed by atoms with Gasteiger partial charge in [-0.1, -0.05) is 122 Å². The van der Waals surface area contributed by atoms with E-state index in [1.807, 2.05) is 0 Å². The molecule has 0 amide bonds. The molecule has 0 spiro atoms. The summed E-state index contributed by atoms with van der Waals surface area (Å²) >= 11 is 7.20. The Bertz CT molecular complexity index is 2020. The van der Waals surface area contributed by atoms with E-state index >= 15 is 0 Å². The molecule has 0 atom stereocenters. The molecule has 6 aromatic carbocycles. The zero-order chi connectivity index (χ0) is 37.5. The van der Waals surface area contributed by atoms with Gasteiger partial charge in [-0.2, -0.15) is 0 Å². The summed E-state index contributed by atoms with van der Waals surface area (Å²) in [6, 6.07) is 44.4. The monoisotopic (exact) mass is 812 g/mol. The predicted molar refractivity (Wildman–Crippen MR) is 233 cm³/mol. The molecule has 6 aromatic rings. The minimum absolute atomic E-state index is 0.0732. The highest BCUT2D eigenvalue weighted by Crippen LogP contribution is 2.45. The maximum Gasteiger partial charge on any atom is 0.0520 e. The van der Waals surface area contributed by atoms with Gasteiger partial charge < -0.3 is 9.80 Å². The van der Waals surface area contributed by atoms with E-state index < -0.39 is 0 Å². The van der Waals surface area contributed by atoms with Crippen molar-refractivity contribution in [2.24, 2.45) is 0 Å². The van der Waals surface area contributed by atoms with Gasteiger partial charge in [-0.05, 0) is 156 Å². The first kappa shape index (κ1) is 37.6. The van der Waals surface area contributed by atoms with Crippen molar-refractivity contribution in [2.75, 3.05) is 9.80 Å². The number of rotatable bonds is 7. The van der Waals surface area contributed by atoms with Gasteiger partial charge >= 0.3 is 0 Å². The fourth-order valence-corrected chi connectivity index (χ4v) is 7.62. The van der Waals surface area contributed by atoms with Gasteiger partial charge in [0.25, 0.3) is 0 Å². The molecular formula is C48H50Br2N2. The van der Waals surface area contributed by atoms with Crippen molar-refractivity contribution in [3.63, 3.8) is 0 Å². The Labute approximate surface area is 328 Å². The summed E-state index contributed by atoms with van der Waals surface area (Å²) in [5.41, 5.74) is 17.3. The maximum absolute atomic E-state index is 3.60. The smallest absolute Gasteiger partial charge is 0.0520 e. The largest absolute Gasteiger partial charge is 0.311 e. The molecule has 0 fully saturated rings. The molecule has 0 N–H and O–H groups in total. The van der Waals surface area contributed by atoms with E-state index in [1.165, 1.54) is 55.9 Å². The van der Waals surface area contributed by atoms with E-state index in [1.54, 1.807) is 0 Å². The van der Waals surface area contributed by atoms with Crippen LogP contribution in [-0.2, 0) is 10.8 Å². The van der Waals surface area contributed by atoms with Gasteiger partial charge in [-0.3, -0.25) is 0 Å². The summed E-state index contributed by atoms with van der Waals surface area (Å²) in [6.45, 7) is 22.8. The number of halogens is 2. The zero-order valence-electron chi connectivity index (χ0n) is 32.2. The summed E-state index contributed by atoms with van der Waals surface area (Å²) in [6.07, 6.45) is 0. The highest BCUT2D eigenvalue weighted by molar-refractivity contribution is 9.10. The Hall–Kier alpha value is -4.12. The van der Waals surface area contributed by atoms with Gasteiger partial charge in [0.15, 0.2) is 0 Å². The van der Waals surface area contributed by atoms with E-state index in [0.29, 0.717) is 0 Å². The molecule has 0 saturated carbocycles. The first-order valence-electron chi connectivity index (χ1n) is 18.1. The minimum atomic E-state index is 0.0732. The normalized spacial score (nSPS) is 11.8. The average Bonchev–Trinajstić information content (AvgIpc) is 3.08. The standard InChI is InChI=1S/C48H50Br2N2/c1-31-27-37(47(5,6)7)28-32(2)45(31)52(46-33(3)29-38(30-34(46)4)48(8,9)10)44-21-13-36(14-22-44)35-11-19-41(20-12-35)51(42-23-15-39(49)16-24-42)43-25-17-40(50)18-26-43/h11-30H,1-10H3. The van der Waals surface area contributed by atoms with Crippen LogP contribution in [0.25, 0.3) is 11.1 Å². The van der Waals surface area contributed by atoms with Gasteiger partial charge in [0, 0.05) is 31.7 Å².